The number of hydrogen-bond donors (Lipinski definition) is 3. The van der Waals surface area contributed by atoms with Crippen LogP contribution in [0.4, 0.5) is 0 Å². The Morgan fingerprint density at radius 3 is 2.41 bits per heavy atom. The zero-order valence-corrected chi connectivity index (χ0v) is 8.16. The number of ether oxygens (including phenoxy) is 1. The molecule has 0 radical (unpaired) electrons. The number of aliphatic hydroxyl groups is 1. The molecule has 0 bridgehead atoms. The van der Waals surface area contributed by atoms with Crippen LogP contribution in [0.15, 0.2) is 36.1 Å². The van der Waals surface area contributed by atoms with Crippen LogP contribution in [-0.2, 0) is 14.3 Å². The average Bonchev–Trinajstić information content (AvgIpc) is 2.20. The number of rotatable bonds is 4. The van der Waals surface area contributed by atoms with Crippen LogP contribution in [0, 0.1) is 0 Å². The first-order valence-corrected chi connectivity index (χ1v) is 4.32. The Balaban J connectivity index is 0.00000256. The predicted octanol–water partition coefficient (Wildman–Crippen LogP) is -1.00. The SMILES string of the molecule is C=C(O[C@@H]1C=C(C(=O)O)C=C[C@H]1O)C(=O)O.[BaH2]. The number of hydrogen-bond acceptors (Lipinski definition) is 4. The molecule has 0 unspecified atom stereocenters. The summed E-state index contributed by atoms with van der Waals surface area (Å²) >= 11 is 0. The maximum absolute atomic E-state index is 10.6. The molecule has 3 N–H and O–H groups in total. The van der Waals surface area contributed by atoms with Gasteiger partial charge in [0.25, 0.3) is 0 Å². The van der Waals surface area contributed by atoms with Crippen LogP contribution in [0.1, 0.15) is 0 Å². The van der Waals surface area contributed by atoms with Crippen LogP contribution in [0.2, 0.25) is 0 Å². The van der Waals surface area contributed by atoms with Crippen molar-refractivity contribution >= 4 is 60.8 Å². The Bertz CT molecular complexity index is 398. The fourth-order valence-corrected chi connectivity index (χ4v) is 1.10. The van der Waals surface area contributed by atoms with E-state index in [0.29, 0.717) is 0 Å². The average molecular weight is 366 g/mol. The van der Waals surface area contributed by atoms with Gasteiger partial charge in [-0.2, -0.15) is 0 Å². The second kappa shape index (κ2) is 7.04. The molecule has 0 amide bonds. The maximum atomic E-state index is 10.6. The molecule has 0 heterocycles. The van der Waals surface area contributed by atoms with E-state index in [9.17, 15) is 14.7 Å². The van der Waals surface area contributed by atoms with Crippen molar-refractivity contribution in [2.75, 3.05) is 0 Å². The molecular weight excluding hydrogens is 353 g/mol. The Kier molecular flexibility index (Phi) is 6.83. The first kappa shape index (κ1) is 16.5. The molecule has 0 spiro atoms. The van der Waals surface area contributed by atoms with Gasteiger partial charge in [-0.1, -0.05) is 6.08 Å². The van der Waals surface area contributed by atoms with Crippen molar-refractivity contribution in [2.45, 2.75) is 12.2 Å². The van der Waals surface area contributed by atoms with Gasteiger partial charge in [0.05, 0.1) is 5.57 Å². The van der Waals surface area contributed by atoms with E-state index >= 15 is 0 Å². The summed E-state index contributed by atoms with van der Waals surface area (Å²) in [6.07, 6.45) is 1.40. The Labute approximate surface area is 137 Å². The van der Waals surface area contributed by atoms with E-state index in [1.165, 1.54) is 12.2 Å². The van der Waals surface area contributed by atoms with Gasteiger partial charge in [0.2, 0.25) is 0 Å². The van der Waals surface area contributed by atoms with E-state index < -0.39 is 29.9 Å². The van der Waals surface area contributed by atoms with E-state index in [-0.39, 0.29) is 54.5 Å². The Morgan fingerprint density at radius 2 is 1.94 bits per heavy atom. The first-order chi connectivity index (χ1) is 7.41. The third-order valence-electron chi connectivity index (χ3n) is 1.92. The summed E-state index contributed by atoms with van der Waals surface area (Å²) in [5, 5.41) is 26.6. The molecular formula is C10H12BaO6. The summed E-state index contributed by atoms with van der Waals surface area (Å²) in [5.41, 5.74) is -0.0755. The molecule has 0 aromatic carbocycles. The zero-order chi connectivity index (χ0) is 12.3. The van der Waals surface area contributed by atoms with Gasteiger partial charge in [0.15, 0.2) is 5.76 Å². The summed E-state index contributed by atoms with van der Waals surface area (Å²) in [4.78, 5) is 21.1. The normalized spacial score (nSPS) is 22.1. The molecule has 6 nitrogen and oxygen atoms in total. The summed E-state index contributed by atoms with van der Waals surface area (Å²) in [7, 11) is 0. The molecule has 0 aromatic rings. The molecule has 0 saturated carbocycles. The van der Waals surface area contributed by atoms with Crippen LogP contribution >= 0.6 is 0 Å². The van der Waals surface area contributed by atoms with Crippen LogP contribution in [-0.4, -0.2) is 88.3 Å². The van der Waals surface area contributed by atoms with E-state index in [4.69, 9.17) is 14.9 Å². The second-order valence-electron chi connectivity index (χ2n) is 3.09. The van der Waals surface area contributed by atoms with Crippen LogP contribution in [0.3, 0.4) is 0 Å². The molecule has 1 aliphatic rings. The van der Waals surface area contributed by atoms with Crippen molar-refractivity contribution < 1.29 is 29.6 Å². The van der Waals surface area contributed by atoms with E-state index in [0.717, 1.165) is 6.08 Å². The molecule has 7 heteroatoms. The van der Waals surface area contributed by atoms with Crippen LogP contribution in [0.25, 0.3) is 0 Å². The van der Waals surface area contributed by atoms with Crippen LogP contribution in [0.5, 0.6) is 0 Å². The van der Waals surface area contributed by atoms with Gasteiger partial charge < -0.3 is 20.1 Å². The van der Waals surface area contributed by atoms with Crippen molar-refractivity contribution in [3.8, 4) is 0 Å². The minimum absolute atomic E-state index is 0. The topological polar surface area (TPSA) is 104 Å². The van der Waals surface area contributed by atoms with Crippen molar-refractivity contribution in [3.05, 3.63) is 36.1 Å². The predicted molar refractivity (Wildman–Crippen MR) is 61.1 cm³/mol. The Hall–Kier alpha value is -0.509. The van der Waals surface area contributed by atoms with E-state index in [2.05, 4.69) is 6.58 Å². The molecule has 0 aromatic heterocycles. The summed E-state index contributed by atoms with van der Waals surface area (Å²) in [6, 6.07) is 0. The molecule has 90 valence electrons. The number of carbonyl (C=O) groups is 2. The number of carboxylic acid groups (broad SMARTS) is 2. The summed E-state index contributed by atoms with van der Waals surface area (Å²) < 4.78 is 4.81. The summed E-state index contributed by atoms with van der Waals surface area (Å²) in [6.45, 7) is 3.12. The standard InChI is InChI=1S/C10H10O6.Ba.2H/c1-5(9(12)13)16-8-4-6(10(14)15)2-3-7(8)11;;;/h2-4,7-8,11H,1H2,(H,12,13)(H,14,15);;;/t7-,8-;;;/m1.../s1. The molecule has 0 aliphatic heterocycles. The molecule has 0 fully saturated rings. The van der Waals surface area contributed by atoms with Gasteiger partial charge in [-0.25, -0.2) is 9.59 Å². The van der Waals surface area contributed by atoms with Gasteiger partial charge in [-0.15, -0.1) is 0 Å². The molecule has 17 heavy (non-hydrogen) atoms. The number of carboxylic acids is 2. The molecule has 0 saturated heterocycles. The third-order valence-corrected chi connectivity index (χ3v) is 1.92. The van der Waals surface area contributed by atoms with Gasteiger partial charge in [0.1, 0.15) is 12.2 Å². The van der Waals surface area contributed by atoms with Crippen molar-refractivity contribution in [2.24, 2.45) is 0 Å². The Morgan fingerprint density at radius 1 is 1.35 bits per heavy atom. The van der Waals surface area contributed by atoms with Crippen molar-refractivity contribution in [3.63, 3.8) is 0 Å². The van der Waals surface area contributed by atoms with Crippen LogP contribution < -0.4 is 0 Å². The van der Waals surface area contributed by atoms with Crippen molar-refractivity contribution in [1.82, 2.24) is 0 Å². The zero-order valence-electron chi connectivity index (χ0n) is 8.16. The molecule has 1 rings (SSSR count). The second-order valence-corrected chi connectivity index (χ2v) is 3.09. The summed E-state index contributed by atoms with van der Waals surface area (Å²) in [5.74, 6) is -3.11. The molecule has 2 atom stereocenters. The fourth-order valence-electron chi connectivity index (χ4n) is 1.10. The minimum atomic E-state index is -1.37. The van der Waals surface area contributed by atoms with E-state index in [1.54, 1.807) is 0 Å². The van der Waals surface area contributed by atoms with Crippen molar-refractivity contribution in [1.29, 1.82) is 0 Å². The molecule has 1 aliphatic carbocycles. The number of aliphatic carboxylic acids is 2. The number of aliphatic hydroxyl groups excluding tert-OH is 1. The fraction of sp³-hybridized carbons (Fsp3) is 0.200. The monoisotopic (exact) mass is 366 g/mol. The van der Waals surface area contributed by atoms with Gasteiger partial charge >= 0.3 is 60.8 Å². The first-order valence-electron chi connectivity index (χ1n) is 4.32. The van der Waals surface area contributed by atoms with Gasteiger partial charge in [-0.3, -0.25) is 0 Å². The van der Waals surface area contributed by atoms with Gasteiger partial charge in [0, 0.05) is 0 Å². The quantitative estimate of drug-likeness (QED) is 0.335. The third kappa shape index (κ3) is 4.70. The van der Waals surface area contributed by atoms with Gasteiger partial charge in [-0.05, 0) is 18.7 Å². The van der Waals surface area contributed by atoms with E-state index in [1.807, 2.05) is 0 Å².